The lowest BCUT2D eigenvalue weighted by Gasteiger charge is -2.30. The van der Waals surface area contributed by atoms with Gasteiger partial charge in [0, 0.05) is 26.1 Å². The van der Waals surface area contributed by atoms with E-state index >= 15 is 0 Å². The van der Waals surface area contributed by atoms with Gasteiger partial charge in [0.1, 0.15) is 30.2 Å². The van der Waals surface area contributed by atoms with Crippen LogP contribution >= 0.6 is 0 Å². The van der Waals surface area contributed by atoms with Crippen molar-refractivity contribution < 1.29 is 43.8 Å². The molecule has 0 aromatic heterocycles. The topological polar surface area (TPSA) is 293 Å². The molecule has 47 heavy (non-hydrogen) atoms. The van der Waals surface area contributed by atoms with Gasteiger partial charge < -0.3 is 53.2 Å². The molecule has 2 heterocycles. The Morgan fingerprint density at radius 1 is 0.830 bits per heavy atom. The Labute approximate surface area is 273 Å². The number of aliphatic imine (C=N–C) groups is 1. The Morgan fingerprint density at radius 2 is 1.43 bits per heavy atom. The van der Waals surface area contributed by atoms with Crippen LogP contribution in [0.15, 0.2) is 4.99 Å². The number of guanidine groups is 1. The lowest BCUT2D eigenvalue weighted by Crippen LogP contribution is -2.59. The van der Waals surface area contributed by atoms with Crippen LogP contribution in [0.1, 0.15) is 71.6 Å². The van der Waals surface area contributed by atoms with E-state index in [4.69, 9.17) is 17.2 Å². The Hall–Kier alpha value is -4.48. The molecule has 0 unspecified atom stereocenters. The number of carboxylic acids is 2. The fourth-order valence-electron chi connectivity index (χ4n) is 5.76. The first kappa shape index (κ1) is 38.7. The summed E-state index contributed by atoms with van der Waals surface area (Å²) in [7, 11) is 0. The molecule has 0 aromatic carbocycles. The van der Waals surface area contributed by atoms with Crippen molar-refractivity contribution >= 4 is 47.4 Å². The van der Waals surface area contributed by atoms with Crippen LogP contribution in [0, 0.1) is 5.92 Å². The molecule has 0 saturated carbocycles. The van der Waals surface area contributed by atoms with Gasteiger partial charge in [-0.05, 0) is 57.3 Å². The number of nitrogens with zero attached hydrogens (tertiary/aromatic N) is 3. The van der Waals surface area contributed by atoms with Crippen molar-refractivity contribution in [3.05, 3.63) is 0 Å². The van der Waals surface area contributed by atoms with E-state index in [1.165, 1.54) is 4.90 Å². The Kier molecular flexibility index (Phi) is 15.3. The average Bonchev–Trinajstić information content (AvgIpc) is 3.70. The molecule has 2 aliphatic rings. The molecule has 0 bridgehead atoms. The highest BCUT2D eigenvalue weighted by atomic mass is 16.4. The van der Waals surface area contributed by atoms with Gasteiger partial charge in [0.25, 0.3) is 0 Å². The van der Waals surface area contributed by atoms with Crippen molar-refractivity contribution in [2.75, 3.05) is 26.2 Å². The standard InChI is InChI=1S/C29H49N9O9/c1-16(2)14-19(25(43)35-18(9-10-23(40)41)27(45)38-13-5-8-21(38)28(46)47)36-24(42)17(6-3-11-33-29(31)32)34-26(44)20-7-4-12-37(20)22(39)15-30/h16-21H,3-15,30H2,1-2H3,(H,34,44)(H,35,43)(H,36,42)(H,40,41)(H,46,47)(H4,31,32,33)/t17-,18-,19-,20-,21-/m0/s1. The Balaban J connectivity index is 2.27. The van der Waals surface area contributed by atoms with Crippen LogP contribution in [-0.2, 0) is 33.6 Å². The molecule has 2 fully saturated rings. The van der Waals surface area contributed by atoms with Gasteiger partial charge in [-0.1, -0.05) is 13.8 Å². The van der Waals surface area contributed by atoms with Gasteiger partial charge in [-0.25, -0.2) is 4.79 Å². The molecule has 5 amide bonds. The van der Waals surface area contributed by atoms with E-state index < -0.39 is 78.1 Å². The second-order valence-corrected chi connectivity index (χ2v) is 12.2. The number of likely N-dealkylation sites (tertiary alicyclic amines) is 2. The first-order valence-electron chi connectivity index (χ1n) is 15.9. The molecule has 0 aromatic rings. The van der Waals surface area contributed by atoms with Gasteiger partial charge in [-0.15, -0.1) is 0 Å². The van der Waals surface area contributed by atoms with Gasteiger partial charge in [-0.3, -0.25) is 33.8 Å². The fraction of sp³-hybridized carbons (Fsp3) is 0.724. The SMILES string of the molecule is CC(C)C[C@H](NC(=O)[C@H](CCCN=C(N)N)NC(=O)[C@@H]1CCCN1C(=O)CN)C(=O)N[C@@H](CCC(=O)O)C(=O)N1CCC[C@H]1C(=O)O. The highest BCUT2D eigenvalue weighted by Gasteiger charge is 2.39. The van der Waals surface area contributed by atoms with E-state index in [1.807, 2.05) is 0 Å². The smallest absolute Gasteiger partial charge is 0.326 e. The number of carboxylic acid groups (broad SMARTS) is 2. The zero-order valence-corrected chi connectivity index (χ0v) is 27.0. The predicted molar refractivity (Wildman–Crippen MR) is 168 cm³/mol. The summed E-state index contributed by atoms with van der Waals surface area (Å²) in [4.78, 5) is 95.6. The van der Waals surface area contributed by atoms with E-state index in [-0.39, 0.29) is 63.6 Å². The molecule has 2 saturated heterocycles. The van der Waals surface area contributed by atoms with Gasteiger partial charge in [-0.2, -0.15) is 0 Å². The summed E-state index contributed by atoms with van der Waals surface area (Å²) in [5.41, 5.74) is 16.3. The van der Waals surface area contributed by atoms with Gasteiger partial charge in [0.05, 0.1) is 6.54 Å². The molecule has 18 heteroatoms. The van der Waals surface area contributed by atoms with Crippen LogP contribution in [0.4, 0.5) is 0 Å². The van der Waals surface area contributed by atoms with Crippen LogP contribution in [0.3, 0.4) is 0 Å². The number of amides is 5. The van der Waals surface area contributed by atoms with E-state index in [9.17, 15) is 43.8 Å². The van der Waals surface area contributed by atoms with E-state index in [2.05, 4.69) is 20.9 Å². The predicted octanol–water partition coefficient (Wildman–Crippen LogP) is -2.57. The second kappa shape index (κ2) is 18.6. The number of hydrogen-bond donors (Lipinski definition) is 8. The van der Waals surface area contributed by atoms with Crippen LogP contribution in [0.25, 0.3) is 0 Å². The third-order valence-corrected chi connectivity index (χ3v) is 8.05. The summed E-state index contributed by atoms with van der Waals surface area (Å²) in [5, 5.41) is 26.7. The Morgan fingerprint density at radius 3 is 2.00 bits per heavy atom. The number of nitrogens with two attached hydrogens (primary N) is 3. The number of nitrogens with one attached hydrogen (secondary N) is 3. The van der Waals surface area contributed by atoms with Crippen LogP contribution in [0.2, 0.25) is 0 Å². The lowest BCUT2D eigenvalue weighted by molar-refractivity contribution is -0.150. The van der Waals surface area contributed by atoms with Gasteiger partial charge in [0.15, 0.2) is 5.96 Å². The molecule has 5 atom stereocenters. The largest absolute Gasteiger partial charge is 0.481 e. The number of carbonyl (C=O) groups excluding carboxylic acids is 5. The molecule has 264 valence electrons. The summed E-state index contributed by atoms with van der Waals surface area (Å²) < 4.78 is 0. The molecule has 2 aliphatic heterocycles. The average molecular weight is 668 g/mol. The number of carbonyl (C=O) groups is 7. The molecule has 0 aliphatic carbocycles. The Bertz CT molecular complexity index is 1190. The normalized spacial score (nSPS) is 19.4. The highest BCUT2D eigenvalue weighted by Crippen LogP contribution is 2.21. The highest BCUT2D eigenvalue weighted by molar-refractivity contribution is 5.96. The first-order chi connectivity index (χ1) is 22.2. The van der Waals surface area contributed by atoms with Crippen LogP contribution in [0.5, 0.6) is 0 Å². The van der Waals surface area contributed by atoms with Crippen molar-refractivity contribution in [1.29, 1.82) is 0 Å². The minimum atomic E-state index is -1.35. The molecule has 2 rings (SSSR count). The van der Waals surface area contributed by atoms with Gasteiger partial charge >= 0.3 is 11.9 Å². The van der Waals surface area contributed by atoms with Gasteiger partial charge in [0.2, 0.25) is 29.5 Å². The maximum atomic E-state index is 13.6. The number of aliphatic carboxylic acids is 2. The third kappa shape index (κ3) is 12.0. The van der Waals surface area contributed by atoms with Crippen molar-refractivity contribution in [2.24, 2.45) is 28.1 Å². The number of rotatable bonds is 18. The number of hydrogen-bond acceptors (Lipinski definition) is 9. The molecule has 11 N–H and O–H groups in total. The van der Waals surface area contributed by atoms with Crippen molar-refractivity contribution in [3.8, 4) is 0 Å². The minimum Gasteiger partial charge on any atom is -0.481 e. The van der Waals surface area contributed by atoms with Crippen molar-refractivity contribution in [3.63, 3.8) is 0 Å². The first-order valence-corrected chi connectivity index (χ1v) is 15.9. The zero-order valence-electron chi connectivity index (χ0n) is 27.0. The second-order valence-electron chi connectivity index (χ2n) is 12.2. The fourth-order valence-corrected chi connectivity index (χ4v) is 5.76. The molecule has 0 radical (unpaired) electrons. The van der Waals surface area contributed by atoms with Crippen LogP contribution < -0.4 is 33.2 Å². The van der Waals surface area contributed by atoms with Crippen molar-refractivity contribution in [1.82, 2.24) is 25.8 Å². The third-order valence-electron chi connectivity index (χ3n) is 8.05. The monoisotopic (exact) mass is 667 g/mol. The molecular weight excluding hydrogens is 618 g/mol. The minimum absolute atomic E-state index is 0.0766. The van der Waals surface area contributed by atoms with E-state index in [1.54, 1.807) is 13.8 Å². The van der Waals surface area contributed by atoms with E-state index in [0.29, 0.717) is 25.8 Å². The lowest BCUT2D eigenvalue weighted by atomic mass is 10.0. The summed E-state index contributed by atoms with van der Waals surface area (Å²) in [5.74, 6) is -5.87. The quantitative estimate of drug-likeness (QED) is 0.0425. The maximum Gasteiger partial charge on any atom is 0.326 e. The zero-order chi connectivity index (χ0) is 35.3. The molecule has 18 nitrogen and oxygen atoms in total. The summed E-state index contributed by atoms with van der Waals surface area (Å²) in [6, 6.07) is -5.63. The summed E-state index contributed by atoms with van der Waals surface area (Å²) >= 11 is 0. The maximum absolute atomic E-state index is 13.6. The summed E-state index contributed by atoms with van der Waals surface area (Å²) in [6.45, 7) is 3.97. The summed E-state index contributed by atoms with van der Waals surface area (Å²) in [6.07, 6.45) is 1.32. The molecule has 0 spiro atoms. The van der Waals surface area contributed by atoms with Crippen LogP contribution in [-0.4, -0.2) is 124 Å². The molecular formula is C29H49N9O9. The van der Waals surface area contributed by atoms with E-state index in [0.717, 1.165) is 4.90 Å². The van der Waals surface area contributed by atoms with Crippen molar-refractivity contribution in [2.45, 2.75) is 102 Å².